The van der Waals surface area contributed by atoms with Crippen molar-refractivity contribution in [1.82, 2.24) is 4.90 Å². The number of thiophene rings is 1. The van der Waals surface area contributed by atoms with E-state index in [9.17, 15) is 24.2 Å². The van der Waals surface area contributed by atoms with Crippen molar-refractivity contribution >= 4 is 47.8 Å². The molecule has 3 N–H and O–H groups in total. The third-order valence-electron chi connectivity index (χ3n) is 4.59. The van der Waals surface area contributed by atoms with Crippen molar-refractivity contribution in [3.05, 3.63) is 71.8 Å². The highest BCUT2D eigenvalue weighted by Gasteiger charge is 2.22. The molecular formula is C23H23N2O6PS. The van der Waals surface area contributed by atoms with Gasteiger partial charge in [0.1, 0.15) is 5.00 Å². The summed E-state index contributed by atoms with van der Waals surface area (Å²) in [4.78, 5) is 58.5. The van der Waals surface area contributed by atoms with Crippen molar-refractivity contribution in [3.63, 3.8) is 0 Å². The number of ether oxygens (including phenoxy) is 1. The van der Waals surface area contributed by atoms with Gasteiger partial charge in [0.05, 0.1) is 18.7 Å². The van der Waals surface area contributed by atoms with E-state index in [0.29, 0.717) is 5.00 Å². The van der Waals surface area contributed by atoms with Crippen LogP contribution in [0, 0.1) is 0 Å². The maximum Gasteiger partial charge on any atom is 0.341 e. The van der Waals surface area contributed by atoms with Crippen molar-refractivity contribution < 1.29 is 28.9 Å². The van der Waals surface area contributed by atoms with Gasteiger partial charge >= 0.3 is 5.97 Å². The number of nitrogens with one attached hydrogen (secondary N) is 1. The molecule has 0 unspecified atom stereocenters. The van der Waals surface area contributed by atoms with Crippen LogP contribution in [0.25, 0.3) is 10.4 Å². The van der Waals surface area contributed by atoms with Gasteiger partial charge in [0, 0.05) is 22.8 Å². The maximum absolute atomic E-state index is 12.7. The molecule has 33 heavy (non-hydrogen) atoms. The fraction of sp³-hybridized carbons (Fsp3) is 0.174. The van der Waals surface area contributed by atoms with Crippen LogP contribution in [0.2, 0.25) is 0 Å². The minimum absolute atomic E-state index is 0.197. The van der Waals surface area contributed by atoms with Crippen LogP contribution >= 0.6 is 19.7 Å². The molecule has 0 aliphatic carbocycles. The second kappa shape index (κ2) is 11.2. The Labute approximate surface area is 196 Å². The van der Waals surface area contributed by atoms with Crippen LogP contribution in [-0.4, -0.2) is 52.7 Å². The van der Waals surface area contributed by atoms with E-state index >= 15 is 0 Å². The Bertz CT molecular complexity index is 1150. The van der Waals surface area contributed by atoms with Crippen LogP contribution in [0.3, 0.4) is 0 Å². The summed E-state index contributed by atoms with van der Waals surface area (Å²) in [6.45, 7) is 1.63. The summed E-state index contributed by atoms with van der Waals surface area (Å²) in [6.07, 6.45) is 0. The number of amides is 2. The summed E-state index contributed by atoms with van der Waals surface area (Å²) in [7, 11) is -0.865. The summed E-state index contributed by atoms with van der Waals surface area (Å²) < 4.78 is 5.12. The molecule has 0 fully saturated rings. The van der Waals surface area contributed by atoms with Crippen molar-refractivity contribution in [1.29, 1.82) is 0 Å². The first kappa shape index (κ1) is 24.5. The van der Waals surface area contributed by atoms with Crippen molar-refractivity contribution in [3.8, 4) is 10.4 Å². The average Bonchev–Trinajstić information content (AvgIpc) is 3.23. The van der Waals surface area contributed by atoms with E-state index in [1.165, 1.54) is 41.5 Å². The Hall–Kier alpha value is -3.10. The molecule has 2 amide bonds. The molecule has 172 valence electrons. The number of rotatable bonds is 8. The van der Waals surface area contributed by atoms with Gasteiger partial charge in [-0.25, -0.2) is 4.79 Å². The summed E-state index contributed by atoms with van der Waals surface area (Å²) in [5, 5.41) is 3.29. The van der Waals surface area contributed by atoms with Gasteiger partial charge < -0.3 is 24.7 Å². The van der Waals surface area contributed by atoms with Crippen LogP contribution in [-0.2, 0) is 9.53 Å². The number of benzene rings is 2. The van der Waals surface area contributed by atoms with E-state index in [-0.39, 0.29) is 29.6 Å². The number of anilines is 1. The van der Waals surface area contributed by atoms with Crippen LogP contribution in [0.5, 0.6) is 0 Å². The SMILES string of the molecule is CCOC(=O)c1cc(-c2ccccc2)sc1NC(=O)CN(C)C(=O)c1cccc(P(O)O)c1. The second-order valence-corrected chi connectivity index (χ2v) is 9.14. The first-order valence-electron chi connectivity index (χ1n) is 9.99. The molecule has 0 saturated carbocycles. The predicted molar refractivity (Wildman–Crippen MR) is 129 cm³/mol. The standard InChI is InChI=1S/C23H23N2O6PS/c1-3-31-23(28)18-13-19(15-8-5-4-6-9-15)33-21(18)24-20(26)14-25(2)22(27)16-10-7-11-17(12-16)32(29)30/h4-13,29-30H,3,14H2,1-2H3,(H,24,26). The Balaban J connectivity index is 1.76. The van der Waals surface area contributed by atoms with Crippen LogP contribution in [0.4, 0.5) is 5.00 Å². The van der Waals surface area contributed by atoms with E-state index in [1.807, 2.05) is 30.3 Å². The zero-order chi connectivity index (χ0) is 24.0. The lowest BCUT2D eigenvalue weighted by molar-refractivity contribution is -0.116. The molecule has 0 aliphatic heterocycles. The van der Waals surface area contributed by atoms with E-state index in [0.717, 1.165) is 10.4 Å². The van der Waals surface area contributed by atoms with Crippen molar-refractivity contribution in [2.24, 2.45) is 0 Å². The van der Waals surface area contributed by atoms with Gasteiger partial charge in [-0.05, 0) is 36.8 Å². The van der Waals surface area contributed by atoms with E-state index in [1.54, 1.807) is 19.1 Å². The quantitative estimate of drug-likeness (QED) is 0.333. The molecule has 1 aromatic heterocycles. The molecule has 0 spiro atoms. The molecule has 3 rings (SSSR count). The minimum atomic E-state index is -2.33. The highest BCUT2D eigenvalue weighted by molar-refractivity contribution is 7.54. The first-order valence-corrected chi connectivity index (χ1v) is 12.1. The average molecular weight is 486 g/mol. The highest BCUT2D eigenvalue weighted by Crippen LogP contribution is 2.36. The van der Waals surface area contributed by atoms with E-state index in [2.05, 4.69) is 5.32 Å². The number of nitrogens with zero attached hydrogens (tertiary/aromatic N) is 1. The number of esters is 1. The van der Waals surface area contributed by atoms with Crippen LogP contribution in [0.15, 0.2) is 60.7 Å². The smallest absolute Gasteiger partial charge is 0.341 e. The Kier molecular flexibility index (Phi) is 8.30. The van der Waals surface area contributed by atoms with E-state index < -0.39 is 26.2 Å². The lowest BCUT2D eigenvalue weighted by Crippen LogP contribution is -2.35. The molecular weight excluding hydrogens is 463 g/mol. The minimum Gasteiger partial charge on any atom is -0.462 e. The molecule has 0 saturated heterocycles. The van der Waals surface area contributed by atoms with Crippen molar-refractivity contribution in [2.75, 3.05) is 25.5 Å². The number of carbonyl (C=O) groups excluding carboxylic acids is 3. The zero-order valence-electron chi connectivity index (χ0n) is 18.0. The highest BCUT2D eigenvalue weighted by atomic mass is 32.1. The molecule has 8 nitrogen and oxygen atoms in total. The first-order chi connectivity index (χ1) is 15.8. The van der Waals surface area contributed by atoms with E-state index in [4.69, 9.17) is 4.74 Å². The number of hydrogen-bond acceptors (Lipinski definition) is 7. The monoisotopic (exact) mass is 486 g/mol. The maximum atomic E-state index is 12.7. The second-order valence-electron chi connectivity index (χ2n) is 6.99. The fourth-order valence-electron chi connectivity index (χ4n) is 3.03. The molecule has 3 aromatic rings. The summed E-state index contributed by atoms with van der Waals surface area (Å²) in [5.74, 6) is -1.48. The van der Waals surface area contributed by atoms with Gasteiger partial charge in [-0.3, -0.25) is 9.59 Å². The number of carbonyl (C=O) groups is 3. The predicted octanol–water partition coefficient (Wildman–Crippen LogP) is 3.22. The lowest BCUT2D eigenvalue weighted by atomic mass is 10.1. The molecule has 0 bridgehead atoms. The van der Waals surface area contributed by atoms with Gasteiger partial charge in [0.25, 0.3) is 5.91 Å². The zero-order valence-corrected chi connectivity index (χ0v) is 19.7. The summed E-state index contributed by atoms with van der Waals surface area (Å²) >= 11 is 1.24. The van der Waals surface area contributed by atoms with Gasteiger partial charge in [0.15, 0.2) is 8.38 Å². The van der Waals surface area contributed by atoms with Crippen LogP contribution < -0.4 is 10.6 Å². The third-order valence-corrected chi connectivity index (χ3v) is 6.43. The van der Waals surface area contributed by atoms with Gasteiger partial charge in [-0.15, -0.1) is 11.3 Å². The normalized spacial score (nSPS) is 10.7. The van der Waals surface area contributed by atoms with Gasteiger partial charge in [-0.2, -0.15) is 0 Å². The Morgan fingerprint density at radius 3 is 2.45 bits per heavy atom. The fourth-order valence-corrected chi connectivity index (χ4v) is 4.57. The molecule has 2 aromatic carbocycles. The lowest BCUT2D eigenvalue weighted by Gasteiger charge is -2.17. The number of hydrogen-bond donors (Lipinski definition) is 3. The Morgan fingerprint density at radius 1 is 1.06 bits per heavy atom. The summed E-state index contributed by atoms with van der Waals surface area (Å²) in [5.41, 5.74) is 1.37. The van der Waals surface area contributed by atoms with Gasteiger partial charge in [-0.1, -0.05) is 36.4 Å². The Morgan fingerprint density at radius 2 is 1.79 bits per heavy atom. The summed E-state index contributed by atoms with van der Waals surface area (Å²) in [6, 6.07) is 17.1. The molecule has 0 aliphatic rings. The molecule has 1 heterocycles. The molecule has 0 atom stereocenters. The van der Waals surface area contributed by atoms with Crippen LogP contribution in [0.1, 0.15) is 27.6 Å². The largest absolute Gasteiger partial charge is 0.462 e. The molecule has 0 radical (unpaired) electrons. The topological polar surface area (TPSA) is 116 Å². The third kappa shape index (κ3) is 6.24. The number of likely N-dealkylation sites (N-methyl/N-ethyl adjacent to an activating group) is 1. The van der Waals surface area contributed by atoms with Gasteiger partial charge in [0.2, 0.25) is 5.91 Å². The molecule has 10 heteroatoms. The van der Waals surface area contributed by atoms with Crippen molar-refractivity contribution in [2.45, 2.75) is 6.92 Å².